The summed E-state index contributed by atoms with van der Waals surface area (Å²) in [6.45, 7) is 3.51. The Morgan fingerprint density at radius 3 is 2.89 bits per heavy atom. The van der Waals surface area contributed by atoms with Crippen molar-refractivity contribution in [2.45, 2.75) is 19.9 Å². The molecule has 18 heavy (non-hydrogen) atoms. The summed E-state index contributed by atoms with van der Waals surface area (Å²) < 4.78 is 1.53. The van der Waals surface area contributed by atoms with E-state index in [1.165, 1.54) is 11.0 Å². The molecule has 2 rings (SSSR count). The molecule has 0 saturated heterocycles. The van der Waals surface area contributed by atoms with Crippen molar-refractivity contribution in [1.82, 2.24) is 20.2 Å². The summed E-state index contributed by atoms with van der Waals surface area (Å²) >= 11 is 0. The first-order valence-electron chi connectivity index (χ1n) is 5.41. The third-order valence-corrected chi connectivity index (χ3v) is 2.56. The summed E-state index contributed by atoms with van der Waals surface area (Å²) in [4.78, 5) is 10.8. The van der Waals surface area contributed by atoms with E-state index in [-0.39, 0.29) is 0 Å². The minimum atomic E-state index is -0.903. The average Bonchev–Trinajstić information content (AvgIpc) is 2.85. The molecule has 2 aromatic rings. The second-order valence-electron chi connectivity index (χ2n) is 3.96. The molecule has 1 aromatic carbocycles. The van der Waals surface area contributed by atoms with Gasteiger partial charge in [0.2, 0.25) is 0 Å². The van der Waals surface area contributed by atoms with E-state index in [9.17, 15) is 4.79 Å². The number of aromatic nitrogens is 4. The van der Waals surface area contributed by atoms with Gasteiger partial charge < -0.3 is 10.4 Å². The Hall–Kier alpha value is -2.44. The highest BCUT2D eigenvalue weighted by Crippen LogP contribution is 2.18. The van der Waals surface area contributed by atoms with Crippen molar-refractivity contribution in [2.24, 2.45) is 0 Å². The van der Waals surface area contributed by atoms with E-state index in [1.54, 1.807) is 6.92 Å². The van der Waals surface area contributed by atoms with Crippen LogP contribution in [0.15, 0.2) is 24.5 Å². The summed E-state index contributed by atoms with van der Waals surface area (Å²) in [6, 6.07) is 4.86. The maximum absolute atomic E-state index is 10.8. The minimum Gasteiger partial charge on any atom is -0.480 e. The molecular formula is C11H13N5O2. The van der Waals surface area contributed by atoms with Crippen LogP contribution in [0.2, 0.25) is 0 Å². The van der Waals surface area contributed by atoms with E-state index >= 15 is 0 Å². The van der Waals surface area contributed by atoms with Crippen LogP contribution in [-0.4, -0.2) is 37.3 Å². The number of benzene rings is 1. The summed E-state index contributed by atoms with van der Waals surface area (Å²) in [5, 5.41) is 22.7. The number of hydrogen-bond donors (Lipinski definition) is 2. The number of nitrogens with zero attached hydrogens (tertiary/aromatic N) is 4. The smallest absolute Gasteiger partial charge is 0.325 e. The molecule has 94 valence electrons. The highest BCUT2D eigenvalue weighted by atomic mass is 16.4. The van der Waals surface area contributed by atoms with E-state index in [0.717, 1.165) is 11.3 Å². The standard InChI is InChI=1S/C11H13N5O2/c1-7-3-4-9(13-8(2)11(17)18)5-10(7)16-6-12-14-15-16/h3-6,8,13H,1-2H3,(H,17,18). The van der Waals surface area contributed by atoms with E-state index in [2.05, 4.69) is 20.8 Å². The molecule has 0 amide bonds. The maximum atomic E-state index is 10.8. The topological polar surface area (TPSA) is 92.9 Å². The van der Waals surface area contributed by atoms with E-state index in [0.29, 0.717) is 5.69 Å². The zero-order valence-corrected chi connectivity index (χ0v) is 10.0. The third-order valence-electron chi connectivity index (χ3n) is 2.56. The fourth-order valence-electron chi connectivity index (χ4n) is 1.53. The fourth-order valence-corrected chi connectivity index (χ4v) is 1.53. The lowest BCUT2D eigenvalue weighted by Crippen LogP contribution is -2.25. The van der Waals surface area contributed by atoms with Gasteiger partial charge in [-0.2, -0.15) is 0 Å². The fraction of sp³-hybridized carbons (Fsp3) is 0.273. The van der Waals surface area contributed by atoms with Crippen LogP contribution < -0.4 is 5.32 Å². The molecule has 1 aromatic heterocycles. The summed E-state index contributed by atoms with van der Waals surface area (Å²) in [6.07, 6.45) is 1.49. The zero-order valence-electron chi connectivity index (χ0n) is 10.0. The molecule has 7 heteroatoms. The molecule has 1 unspecified atom stereocenters. The minimum absolute atomic E-state index is 0.658. The number of rotatable bonds is 4. The molecule has 1 atom stereocenters. The molecule has 1 heterocycles. The van der Waals surface area contributed by atoms with Gasteiger partial charge in [-0.3, -0.25) is 4.79 Å². The molecule has 0 radical (unpaired) electrons. The number of carboxylic acids is 1. The third kappa shape index (κ3) is 2.45. The normalized spacial score (nSPS) is 12.1. The van der Waals surface area contributed by atoms with Gasteiger partial charge in [0, 0.05) is 5.69 Å². The highest BCUT2D eigenvalue weighted by molar-refractivity contribution is 5.77. The molecule has 0 aliphatic heterocycles. The summed E-state index contributed by atoms with van der Waals surface area (Å²) in [7, 11) is 0. The van der Waals surface area contributed by atoms with Crippen molar-refractivity contribution in [1.29, 1.82) is 0 Å². The molecular weight excluding hydrogens is 234 g/mol. The SMILES string of the molecule is Cc1ccc(NC(C)C(=O)O)cc1-n1cnnn1. The van der Waals surface area contributed by atoms with Crippen LogP contribution in [0.25, 0.3) is 5.69 Å². The monoisotopic (exact) mass is 247 g/mol. The van der Waals surface area contributed by atoms with Crippen LogP contribution in [0.4, 0.5) is 5.69 Å². The number of hydrogen-bond acceptors (Lipinski definition) is 5. The number of carbonyl (C=O) groups is 1. The van der Waals surface area contributed by atoms with E-state index in [4.69, 9.17) is 5.11 Å². The molecule has 2 N–H and O–H groups in total. The van der Waals surface area contributed by atoms with Gasteiger partial charge in [-0.1, -0.05) is 6.07 Å². The van der Waals surface area contributed by atoms with E-state index < -0.39 is 12.0 Å². The Balaban J connectivity index is 2.30. The van der Waals surface area contributed by atoms with Crippen molar-refractivity contribution in [3.63, 3.8) is 0 Å². The van der Waals surface area contributed by atoms with Crippen molar-refractivity contribution in [3.8, 4) is 5.69 Å². The molecule has 0 bridgehead atoms. The molecule has 0 aliphatic carbocycles. The van der Waals surface area contributed by atoms with Gasteiger partial charge in [0.1, 0.15) is 12.4 Å². The van der Waals surface area contributed by atoms with Gasteiger partial charge in [-0.15, -0.1) is 5.10 Å². The van der Waals surface area contributed by atoms with Gasteiger partial charge in [-0.05, 0) is 42.0 Å². The van der Waals surface area contributed by atoms with Gasteiger partial charge in [0.25, 0.3) is 0 Å². The van der Waals surface area contributed by atoms with Crippen LogP contribution in [0.3, 0.4) is 0 Å². The Bertz CT molecular complexity index is 553. The predicted octanol–water partition coefficient (Wildman–Crippen LogP) is 0.856. The number of nitrogens with one attached hydrogen (secondary N) is 1. The molecule has 7 nitrogen and oxygen atoms in total. The zero-order chi connectivity index (χ0) is 13.1. The lowest BCUT2D eigenvalue weighted by atomic mass is 10.1. The largest absolute Gasteiger partial charge is 0.480 e. The van der Waals surface area contributed by atoms with Gasteiger partial charge >= 0.3 is 5.97 Å². The Kier molecular flexibility index (Phi) is 3.22. The van der Waals surface area contributed by atoms with Gasteiger partial charge in [0.15, 0.2) is 0 Å². The first-order chi connectivity index (χ1) is 8.58. The van der Waals surface area contributed by atoms with Crippen molar-refractivity contribution >= 4 is 11.7 Å². The van der Waals surface area contributed by atoms with Crippen molar-refractivity contribution in [2.75, 3.05) is 5.32 Å². The second kappa shape index (κ2) is 4.82. The van der Waals surface area contributed by atoms with E-state index in [1.807, 2.05) is 25.1 Å². The Labute approximate surface area is 103 Å². The lowest BCUT2D eigenvalue weighted by Gasteiger charge is -2.13. The predicted molar refractivity (Wildman–Crippen MR) is 64.6 cm³/mol. The molecule has 0 spiro atoms. The molecule has 0 aliphatic rings. The lowest BCUT2D eigenvalue weighted by molar-refractivity contribution is -0.137. The van der Waals surface area contributed by atoms with Crippen molar-refractivity contribution < 1.29 is 9.90 Å². The highest BCUT2D eigenvalue weighted by Gasteiger charge is 2.11. The second-order valence-corrected chi connectivity index (χ2v) is 3.96. The first-order valence-corrected chi connectivity index (χ1v) is 5.41. The summed E-state index contributed by atoms with van der Waals surface area (Å²) in [5.41, 5.74) is 2.51. The van der Waals surface area contributed by atoms with Crippen LogP contribution >= 0.6 is 0 Å². The Morgan fingerprint density at radius 1 is 1.50 bits per heavy atom. The Morgan fingerprint density at radius 2 is 2.28 bits per heavy atom. The quantitative estimate of drug-likeness (QED) is 0.832. The number of carboxylic acid groups (broad SMARTS) is 1. The van der Waals surface area contributed by atoms with Crippen molar-refractivity contribution in [3.05, 3.63) is 30.1 Å². The number of aliphatic carboxylic acids is 1. The van der Waals surface area contributed by atoms with Gasteiger partial charge in [0.05, 0.1) is 5.69 Å². The molecule has 0 saturated carbocycles. The maximum Gasteiger partial charge on any atom is 0.325 e. The van der Waals surface area contributed by atoms with Crippen LogP contribution in [-0.2, 0) is 4.79 Å². The van der Waals surface area contributed by atoms with Gasteiger partial charge in [-0.25, -0.2) is 4.68 Å². The number of aryl methyl sites for hydroxylation is 1. The number of anilines is 1. The van der Waals surface area contributed by atoms with Crippen LogP contribution in [0.5, 0.6) is 0 Å². The first kappa shape index (κ1) is 12.0. The molecule has 0 fully saturated rings. The van der Waals surface area contributed by atoms with Crippen LogP contribution in [0.1, 0.15) is 12.5 Å². The van der Waals surface area contributed by atoms with Crippen LogP contribution in [0, 0.1) is 6.92 Å². The number of tetrazole rings is 1. The summed E-state index contributed by atoms with van der Waals surface area (Å²) in [5.74, 6) is -0.903. The average molecular weight is 247 g/mol.